The molecule has 1 aliphatic rings. The average Bonchev–Trinajstić information content (AvgIpc) is 2.12. The molecule has 58 valence electrons. The fourth-order valence-corrected chi connectivity index (χ4v) is 1.10. The van der Waals surface area contributed by atoms with E-state index in [1.54, 1.807) is 0 Å². The molecular formula is C7H15BO2. The van der Waals surface area contributed by atoms with Gasteiger partial charge in [0.25, 0.3) is 0 Å². The first-order valence-electron chi connectivity index (χ1n) is 3.93. The van der Waals surface area contributed by atoms with Crippen LogP contribution in [0.2, 0.25) is 6.32 Å². The highest BCUT2D eigenvalue weighted by Crippen LogP contribution is 2.21. The van der Waals surface area contributed by atoms with Crippen molar-refractivity contribution in [1.29, 1.82) is 0 Å². The molecule has 1 rings (SSSR count). The van der Waals surface area contributed by atoms with Crippen LogP contribution >= 0.6 is 0 Å². The molecule has 3 heteroatoms. The van der Waals surface area contributed by atoms with Gasteiger partial charge in [-0.1, -0.05) is 13.3 Å². The van der Waals surface area contributed by atoms with E-state index in [0.29, 0.717) is 0 Å². The highest BCUT2D eigenvalue weighted by molar-refractivity contribution is 6.45. The Morgan fingerprint density at radius 2 is 2.20 bits per heavy atom. The van der Waals surface area contributed by atoms with Gasteiger partial charge in [-0.25, -0.2) is 0 Å². The summed E-state index contributed by atoms with van der Waals surface area (Å²) in [4.78, 5) is 0. The van der Waals surface area contributed by atoms with E-state index in [-0.39, 0.29) is 12.7 Å². The van der Waals surface area contributed by atoms with E-state index in [2.05, 4.69) is 20.8 Å². The van der Waals surface area contributed by atoms with E-state index in [0.717, 1.165) is 19.3 Å². The van der Waals surface area contributed by atoms with E-state index in [9.17, 15) is 0 Å². The van der Waals surface area contributed by atoms with Crippen molar-refractivity contribution < 1.29 is 9.31 Å². The average molecular weight is 142 g/mol. The monoisotopic (exact) mass is 142 g/mol. The molecule has 0 bridgehead atoms. The Bertz CT molecular complexity index is 114. The predicted molar refractivity (Wildman–Crippen MR) is 42.0 cm³/mol. The first kappa shape index (κ1) is 8.09. The van der Waals surface area contributed by atoms with Crippen LogP contribution in [0.3, 0.4) is 0 Å². The lowest BCUT2D eigenvalue weighted by molar-refractivity contribution is 0.135. The zero-order valence-corrected chi connectivity index (χ0v) is 7.02. The van der Waals surface area contributed by atoms with Gasteiger partial charge in [0.2, 0.25) is 0 Å². The van der Waals surface area contributed by atoms with Gasteiger partial charge in [0.15, 0.2) is 0 Å². The van der Waals surface area contributed by atoms with Crippen molar-refractivity contribution in [1.82, 2.24) is 0 Å². The Hall–Kier alpha value is -0.0151. The van der Waals surface area contributed by atoms with Gasteiger partial charge in [-0.15, -0.1) is 0 Å². The van der Waals surface area contributed by atoms with Crippen molar-refractivity contribution in [3.05, 3.63) is 0 Å². The van der Waals surface area contributed by atoms with Crippen molar-refractivity contribution in [3.8, 4) is 0 Å². The largest absolute Gasteiger partial charge is 0.457 e. The normalized spacial score (nSPS) is 23.7. The summed E-state index contributed by atoms with van der Waals surface area (Å²) in [5, 5.41) is 0. The van der Waals surface area contributed by atoms with Crippen LogP contribution in [0.1, 0.15) is 27.2 Å². The third-order valence-electron chi connectivity index (χ3n) is 1.59. The molecule has 0 aliphatic carbocycles. The lowest BCUT2D eigenvalue weighted by atomic mass is 9.84. The maximum Gasteiger partial charge on any atom is 0.457 e. The quantitative estimate of drug-likeness (QED) is 0.546. The van der Waals surface area contributed by atoms with Gasteiger partial charge < -0.3 is 9.31 Å². The zero-order valence-electron chi connectivity index (χ0n) is 7.02. The van der Waals surface area contributed by atoms with Crippen LogP contribution in [0.5, 0.6) is 0 Å². The van der Waals surface area contributed by atoms with Crippen LogP contribution in [-0.2, 0) is 9.31 Å². The number of hydrogen-bond acceptors (Lipinski definition) is 2. The first-order chi connectivity index (χ1) is 4.64. The van der Waals surface area contributed by atoms with Gasteiger partial charge in [0.05, 0.1) is 12.2 Å². The van der Waals surface area contributed by atoms with Crippen LogP contribution < -0.4 is 0 Å². The lowest BCUT2D eigenvalue weighted by Crippen LogP contribution is -2.24. The lowest BCUT2D eigenvalue weighted by Gasteiger charge is -2.15. The van der Waals surface area contributed by atoms with Gasteiger partial charge >= 0.3 is 7.12 Å². The van der Waals surface area contributed by atoms with Gasteiger partial charge in [-0.2, -0.15) is 0 Å². The van der Waals surface area contributed by atoms with Crippen LogP contribution in [0, 0.1) is 0 Å². The molecule has 1 fully saturated rings. The highest BCUT2D eigenvalue weighted by atomic mass is 16.7. The van der Waals surface area contributed by atoms with Gasteiger partial charge in [0.1, 0.15) is 0 Å². The minimum absolute atomic E-state index is 0.0556. The molecular weight excluding hydrogens is 127 g/mol. The molecule has 0 N–H and O–H groups in total. The van der Waals surface area contributed by atoms with E-state index < -0.39 is 0 Å². The zero-order chi connectivity index (χ0) is 7.61. The highest BCUT2D eigenvalue weighted by Gasteiger charge is 2.35. The topological polar surface area (TPSA) is 18.5 Å². The van der Waals surface area contributed by atoms with Crippen molar-refractivity contribution in [2.24, 2.45) is 0 Å². The number of rotatable bonds is 2. The Morgan fingerprint density at radius 3 is 2.60 bits per heavy atom. The van der Waals surface area contributed by atoms with Crippen LogP contribution in [-0.4, -0.2) is 19.3 Å². The summed E-state index contributed by atoms with van der Waals surface area (Å²) in [6, 6.07) is 0. The second-order valence-electron chi connectivity index (χ2n) is 3.41. The maximum atomic E-state index is 5.57. The summed E-state index contributed by atoms with van der Waals surface area (Å²) in [5.74, 6) is 0. The fourth-order valence-electron chi connectivity index (χ4n) is 1.10. The van der Waals surface area contributed by atoms with Crippen LogP contribution in [0.15, 0.2) is 0 Å². The van der Waals surface area contributed by atoms with Gasteiger partial charge in [-0.3, -0.25) is 0 Å². The Labute approximate surface area is 63.0 Å². The molecule has 2 nitrogen and oxygen atoms in total. The maximum absolute atomic E-state index is 5.57. The summed E-state index contributed by atoms with van der Waals surface area (Å²) in [6.07, 6.45) is 2.14. The van der Waals surface area contributed by atoms with Gasteiger partial charge in [-0.05, 0) is 20.2 Å². The van der Waals surface area contributed by atoms with Crippen molar-refractivity contribution in [3.63, 3.8) is 0 Å². The Balaban J connectivity index is 2.29. The number of hydrogen-bond donors (Lipinski definition) is 0. The molecule has 1 saturated heterocycles. The van der Waals surface area contributed by atoms with E-state index in [1.165, 1.54) is 0 Å². The van der Waals surface area contributed by atoms with Crippen molar-refractivity contribution in [2.75, 3.05) is 6.61 Å². The molecule has 0 radical (unpaired) electrons. The molecule has 0 atom stereocenters. The fraction of sp³-hybridized carbons (Fsp3) is 1.00. The molecule has 1 aliphatic heterocycles. The molecule has 0 saturated carbocycles. The van der Waals surface area contributed by atoms with E-state index in [4.69, 9.17) is 9.31 Å². The summed E-state index contributed by atoms with van der Waals surface area (Å²) < 4.78 is 11.0. The minimum atomic E-state index is -0.0557. The molecule has 0 spiro atoms. The second kappa shape index (κ2) is 2.93. The molecule has 1 heterocycles. The SMILES string of the molecule is CCCB1OCC(C)(C)O1. The second-order valence-corrected chi connectivity index (χ2v) is 3.41. The Kier molecular flexibility index (Phi) is 2.37. The molecule has 0 aromatic heterocycles. The van der Waals surface area contributed by atoms with Gasteiger partial charge in [0, 0.05) is 0 Å². The summed E-state index contributed by atoms with van der Waals surface area (Å²) in [7, 11) is 0.0556. The minimum Gasteiger partial charge on any atom is -0.408 e. The third kappa shape index (κ3) is 1.99. The standard InChI is InChI=1S/C7H15BO2/c1-4-5-8-9-6-7(2,3)10-8/h4-6H2,1-3H3. The van der Waals surface area contributed by atoms with E-state index >= 15 is 0 Å². The summed E-state index contributed by atoms with van der Waals surface area (Å²) >= 11 is 0. The van der Waals surface area contributed by atoms with Crippen LogP contribution in [0.25, 0.3) is 0 Å². The Morgan fingerprint density at radius 1 is 1.50 bits per heavy atom. The van der Waals surface area contributed by atoms with Crippen molar-refractivity contribution >= 4 is 7.12 Å². The molecule has 0 aromatic carbocycles. The summed E-state index contributed by atoms with van der Waals surface area (Å²) in [5.41, 5.74) is -0.0557. The van der Waals surface area contributed by atoms with Crippen LogP contribution in [0.4, 0.5) is 0 Å². The third-order valence-corrected chi connectivity index (χ3v) is 1.59. The van der Waals surface area contributed by atoms with E-state index in [1.807, 2.05) is 0 Å². The molecule has 0 unspecified atom stereocenters. The smallest absolute Gasteiger partial charge is 0.408 e. The van der Waals surface area contributed by atoms with Crippen molar-refractivity contribution in [2.45, 2.75) is 39.1 Å². The summed E-state index contributed by atoms with van der Waals surface area (Å²) in [6.45, 7) is 6.99. The first-order valence-corrected chi connectivity index (χ1v) is 3.93. The molecule has 10 heavy (non-hydrogen) atoms. The molecule has 0 amide bonds. The molecule has 0 aromatic rings. The predicted octanol–water partition coefficient (Wildman–Crippen LogP) is 1.71.